The highest BCUT2D eigenvalue weighted by Gasteiger charge is 2.60. The van der Waals surface area contributed by atoms with Gasteiger partial charge in [0.15, 0.2) is 0 Å². The SMILES string of the molecule is C[C@]12Cc3cnn(-c4ccc(F)cc4)c3N[C@@H]1CC[C@@H]1[C@@H]2CC[C@]2(C)[C@@H](CC(=O)O)CC[C@@H]12. The monoisotopic (exact) mass is 451 g/mol. The highest BCUT2D eigenvalue weighted by Crippen LogP contribution is 2.66. The number of fused-ring (bicyclic) bond motifs is 6. The minimum absolute atomic E-state index is 0.179. The van der Waals surface area contributed by atoms with E-state index in [1.807, 2.05) is 10.9 Å². The topological polar surface area (TPSA) is 67.2 Å². The van der Waals surface area contributed by atoms with Crippen LogP contribution in [-0.4, -0.2) is 26.9 Å². The number of nitrogens with one attached hydrogen (secondary N) is 1. The third-order valence-corrected chi connectivity index (χ3v) is 10.3. The van der Waals surface area contributed by atoms with E-state index in [9.17, 15) is 14.3 Å². The number of aliphatic carboxylic acids is 1. The standard InChI is InChI=1S/C27H34FN3O2/c1-26-12-11-22-20(21(26)9-3-17(26)13-24(32)33)8-10-23-27(22,2)14-16-15-29-31(25(16)30-23)19-6-4-18(28)5-7-19/h4-7,15,17,20-23,30H,3,8-14H2,1-2H3,(H,32,33)/t17-,20+,21+,22+,23-,26-,27-/m1/s1. The van der Waals surface area contributed by atoms with Gasteiger partial charge in [-0.2, -0.15) is 5.10 Å². The van der Waals surface area contributed by atoms with Crippen molar-refractivity contribution in [2.75, 3.05) is 5.32 Å². The Morgan fingerprint density at radius 2 is 1.88 bits per heavy atom. The van der Waals surface area contributed by atoms with Crippen LogP contribution in [0.15, 0.2) is 30.5 Å². The number of carboxylic acid groups (broad SMARTS) is 1. The van der Waals surface area contributed by atoms with Crippen LogP contribution in [0.2, 0.25) is 0 Å². The van der Waals surface area contributed by atoms with Gasteiger partial charge in [-0.1, -0.05) is 13.8 Å². The Kier molecular flexibility index (Phi) is 4.69. The van der Waals surface area contributed by atoms with Crippen LogP contribution in [0.1, 0.15) is 64.4 Å². The number of hydrogen-bond donors (Lipinski definition) is 2. The molecule has 176 valence electrons. The van der Waals surface area contributed by atoms with Crippen molar-refractivity contribution in [3.8, 4) is 5.69 Å². The molecule has 2 heterocycles. The molecule has 7 atom stereocenters. The minimum Gasteiger partial charge on any atom is -0.481 e. The number of halogens is 1. The molecular formula is C27H34FN3O2. The summed E-state index contributed by atoms with van der Waals surface area (Å²) in [6.45, 7) is 4.87. The number of rotatable bonds is 3. The summed E-state index contributed by atoms with van der Waals surface area (Å²) in [7, 11) is 0. The van der Waals surface area contributed by atoms with Gasteiger partial charge in [0.25, 0.3) is 0 Å². The average Bonchev–Trinajstić information content (AvgIpc) is 3.32. The van der Waals surface area contributed by atoms with Crippen molar-refractivity contribution in [1.29, 1.82) is 0 Å². The van der Waals surface area contributed by atoms with Crippen molar-refractivity contribution < 1.29 is 14.3 Å². The van der Waals surface area contributed by atoms with Crippen LogP contribution in [-0.2, 0) is 11.2 Å². The molecule has 3 aliphatic carbocycles. The smallest absolute Gasteiger partial charge is 0.303 e. The highest BCUT2D eigenvalue weighted by atomic mass is 19.1. The molecule has 3 fully saturated rings. The molecule has 1 aromatic carbocycles. The van der Waals surface area contributed by atoms with Crippen LogP contribution < -0.4 is 5.32 Å². The minimum atomic E-state index is -0.637. The second-order valence-corrected chi connectivity index (χ2v) is 11.7. The van der Waals surface area contributed by atoms with E-state index in [4.69, 9.17) is 0 Å². The molecular weight excluding hydrogens is 417 g/mol. The van der Waals surface area contributed by atoms with Gasteiger partial charge in [0.1, 0.15) is 11.6 Å². The van der Waals surface area contributed by atoms with Gasteiger partial charge in [0.2, 0.25) is 0 Å². The van der Waals surface area contributed by atoms with Gasteiger partial charge < -0.3 is 10.4 Å². The quantitative estimate of drug-likeness (QED) is 0.630. The Morgan fingerprint density at radius 3 is 2.64 bits per heavy atom. The van der Waals surface area contributed by atoms with Crippen molar-refractivity contribution in [3.05, 3.63) is 41.8 Å². The Morgan fingerprint density at radius 1 is 1.12 bits per heavy atom. The van der Waals surface area contributed by atoms with Crippen LogP contribution in [0.4, 0.5) is 10.2 Å². The van der Waals surface area contributed by atoms with Crippen molar-refractivity contribution in [3.63, 3.8) is 0 Å². The fraction of sp³-hybridized carbons (Fsp3) is 0.630. The highest BCUT2D eigenvalue weighted by molar-refractivity contribution is 5.67. The Bertz CT molecular complexity index is 1080. The number of carbonyl (C=O) groups is 1. The van der Waals surface area contributed by atoms with Gasteiger partial charge >= 0.3 is 5.97 Å². The Hall–Kier alpha value is -2.37. The molecule has 0 radical (unpaired) electrons. The lowest BCUT2D eigenvalue weighted by atomic mass is 9.47. The van der Waals surface area contributed by atoms with E-state index in [1.54, 1.807) is 12.1 Å². The van der Waals surface area contributed by atoms with E-state index < -0.39 is 5.97 Å². The van der Waals surface area contributed by atoms with Gasteiger partial charge in [0, 0.05) is 18.0 Å². The number of anilines is 1. The number of aromatic nitrogens is 2. The first-order chi connectivity index (χ1) is 15.8. The van der Waals surface area contributed by atoms with Crippen molar-refractivity contribution in [2.24, 2.45) is 34.5 Å². The zero-order valence-electron chi connectivity index (χ0n) is 19.6. The van der Waals surface area contributed by atoms with Crippen LogP contribution in [0.3, 0.4) is 0 Å². The van der Waals surface area contributed by atoms with Crippen LogP contribution in [0.25, 0.3) is 5.69 Å². The second kappa shape index (κ2) is 7.31. The van der Waals surface area contributed by atoms with E-state index in [0.29, 0.717) is 36.1 Å². The maximum absolute atomic E-state index is 13.4. The molecule has 2 N–H and O–H groups in total. The van der Waals surface area contributed by atoms with Gasteiger partial charge in [-0.15, -0.1) is 0 Å². The average molecular weight is 452 g/mol. The van der Waals surface area contributed by atoms with Crippen molar-refractivity contribution in [2.45, 2.75) is 71.3 Å². The van der Waals surface area contributed by atoms with E-state index in [2.05, 4.69) is 24.3 Å². The lowest BCUT2D eigenvalue weighted by Gasteiger charge is -2.60. The summed E-state index contributed by atoms with van der Waals surface area (Å²) in [6, 6.07) is 6.94. The first-order valence-corrected chi connectivity index (χ1v) is 12.6. The third-order valence-electron chi connectivity index (χ3n) is 10.3. The lowest BCUT2D eigenvalue weighted by molar-refractivity contribution is -0.140. The summed E-state index contributed by atoms with van der Waals surface area (Å²) < 4.78 is 15.4. The normalized spacial score (nSPS) is 39.1. The molecule has 6 heteroatoms. The summed E-state index contributed by atoms with van der Waals surface area (Å²) in [5.41, 5.74) is 2.50. The van der Waals surface area contributed by atoms with Crippen LogP contribution in [0.5, 0.6) is 0 Å². The predicted octanol–water partition coefficient (Wildman–Crippen LogP) is 5.68. The molecule has 1 aromatic heterocycles. The fourth-order valence-corrected chi connectivity index (χ4v) is 8.62. The third kappa shape index (κ3) is 3.08. The first-order valence-electron chi connectivity index (χ1n) is 12.6. The summed E-state index contributed by atoms with van der Waals surface area (Å²) in [6.07, 6.45) is 10.3. The number of hydrogen-bond acceptors (Lipinski definition) is 3. The molecule has 6 rings (SSSR count). The number of carboxylic acids is 1. The fourth-order valence-electron chi connectivity index (χ4n) is 8.62. The molecule has 0 spiro atoms. The van der Waals surface area contributed by atoms with Crippen LogP contribution in [0, 0.1) is 40.3 Å². The van der Waals surface area contributed by atoms with Gasteiger partial charge in [-0.25, -0.2) is 9.07 Å². The molecule has 1 aliphatic heterocycles. The molecule has 5 nitrogen and oxygen atoms in total. The molecule has 4 aliphatic rings. The molecule has 3 saturated carbocycles. The molecule has 33 heavy (non-hydrogen) atoms. The van der Waals surface area contributed by atoms with Crippen molar-refractivity contribution in [1.82, 2.24) is 9.78 Å². The number of benzene rings is 1. The Labute approximate surface area is 194 Å². The summed E-state index contributed by atoms with van der Waals surface area (Å²) in [4.78, 5) is 11.5. The number of nitrogens with zero attached hydrogens (tertiary/aromatic N) is 2. The summed E-state index contributed by atoms with van der Waals surface area (Å²) in [5.74, 6) is 2.53. The lowest BCUT2D eigenvalue weighted by Crippen LogP contribution is -2.58. The molecule has 0 amide bonds. The summed E-state index contributed by atoms with van der Waals surface area (Å²) in [5, 5.41) is 18.0. The Balaban J connectivity index is 1.29. The van der Waals surface area contributed by atoms with Gasteiger partial charge in [-0.3, -0.25) is 4.79 Å². The first kappa shape index (κ1) is 21.2. The van der Waals surface area contributed by atoms with Gasteiger partial charge in [0.05, 0.1) is 11.9 Å². The molecule has 0 saturated heterocycles. The van der Waals surface area contributed by atoms with Gasteiger partial charge in [-0.05, 0) is 104 Å². The van der Waals surface area contributed by atoms with Crippen LogP contribution >= 0.6 is 0 Å². The second-order valence-electron chi connectivity index (χ2n) is 11.7. The van der Waals surface area contributed by atoms with Crippen molar-refractivity contribution >= 4 is 11.8 Å². The van der Waals surface area contributed by atoms with E-state index in [0.717, 1.165) is 37.2 Å². The predicted molar refractivity (Wildman–Crippen MR) is 125 cm³/mol. The van der Waals surface area contributed by atoms with E-state index in [-0.39, 0.29) is 16.6 Å². The zero-order valence-corrected chi connectivity index (χ0v) is 19.6. The van der Waals surface area contributed by atoms with E-state index in [1.165, 1.54) is 37.0 Å². The molecule has 0 unspecified atom stereocenters. The zero-order chi connectivity index (χ0) is 23.0. The maximum Gasteiger partial charge on any atom is 0.303 e. The largest absolute Gasteiger partial charge is 0.481 e. The summed E-state index contributed by atoms with van der Waals surface area (Å²) >= 11 is 0. The maximum atomic E-state index is 13.4. The molecule has 0 bridgehead atoms. The molecule has 2 aromatic rings. The van der Waals surface area contributed by atoms with E-state index >= 15 is 0 Å².